The molecule has 0 saturated carbocycles. The van der Waals surface area contributed by atoms with Crippen LogP contribution in [0, 0.1) is 0 Å². The van der Waals surface area contributed by atoms with E-state index in [9.17, 15) is 9.59 Å². The van der Waals surface area contributed by atoms with Crippen molar-refractivity contribution in [3.05, 3.63) is 0 Å². The van der Waals surface area contributed by atoms with Crippen molar-refractivity contribution in [2.24, 2.45) is 0 Å². The third-order valence-electron chi connectivity index (χ3n) is 2.18. The smallest absolute Gasteiger partial charge is 0.407 e. The second-order valence-corrected chi connectivity index (χ2v) is 6.00. The maximum Gasteiger partial charge on any atom is 0.407 e. The van der Waals surface area contributed by atoms with Crippen LogP contribution in [-0.4, -0.2) is 43.3 Å². The average molecular weight is 287 g/mol. The molecule has 0 radical (unpaired) electrons. The molecule has 0 aliphatic carbocycles. The molecule has 0 aromatic heterocycles. The van der Waals surface area contributed by atoms with E-state index < -0.39 is 11.7 Å². The Balaban J connectivity index is 3.41. The second-order valence-electron chi connectivity index (χ2n) is 6.00. The highest BCUT2D eigenvalue weighted by Gasteiger charge is 2.15. The Morgan fingerprint density at radius 1 is 1.10 bits per heavy atom. The molecule has 6 nitrogen and oxygen atoms in total. The lowest BCUT2D eigenvalue weighted by Gasteiger charge is -2.19. The molecular weight excluding hydrogens is 258 g/mol. The Bertz CT molecular complexity index is 299. The van der Waals surface area contributed by atoms with Gasteiger partial charge in [0.1, 0.15) is 5.60 Å². The third kappa shape index (κ3) is 13.1. The van der Waals surface area contributed by atoms with E-state index in [4.69, 9.17) is 4.74 Å². The van der Waals surface area contributed by atoms with Crippen LogP contribution in [0.25, 0.3) is 0 Å². The Morgan fingerprint density at radius 3 is 2.30 bits per heavy atom. The van der Waals surface area contributed by atoms with E-state index in [1.807, 2.05) is 34.6 Å². The highest BCUT2D eigenvalue weighted by atomic mass is 16.6. The maximum absolute atomic E-state index is 11.3. The van der Waals surface area contributed by atoms with E-state index in [0.717, 1.165) is 13.0 Å². The summed E-state index contributed by atoms with van der Waals surface area (Å²) >= 11 is 0. The molecule has 0 fully saturated rings. The summed E-state index contributed by atoms with van der Waals surface area (Å²) in [6.07, 6.45) is 0.872. The molecule has 0 aromatic rings. The lowest BCUT2D eigenvalue weighted by molar-refractivity contribution is -0.121. The fourth-order valence-electron chi connectivity index (χ4n) is 1.44. The number of alkyl carbamates (subject to hydrolysis) is 1. The predicted octanol–water partition coefficient (Wildman–Crippen LogP) is 1.41. The van der Waals surface area contributed by atoms with Crippen LogP contribution in [0.4, 0.5) is 4.79 Å². The normalized spacial score (nSPS) is 11.3. The molecule has 2 amide bonds. The zero-order valence-corrected chi connectivity index (χ0v) is 13.3. The number of hydrogen-bond acceptors (Lipinski definition) is 4. The molecule has 0 spiro atoms. The first-order chi connectivity index (χ1) is 9.20. The Morgan fingerprint density at radius 2 is 1.75 bits per heavy atom. The van der Waals surface area contributed by atoms with Crippen molar-refractivity contribution in [1.82, 2.24) is 16.0 Å². The quantitative estimate of drug-likeness (QED) is 0.590. The van der Waals surface area contributed by atoms with E-state index in [0.29, 0.717) is 19.5 Å². The van der Waals surface area contributed by atoms with Gasteiger partial charge in [0.15, 0.2) is 0 Å². The summed E-state index contributed by atoms with van der Waals surface area (Å²) in [7, 11) is 0. The summed E-state index contributed by atoms with van der Waals surface area (Å²) in [5.74, 6) is 0.0550. The first-order valence-corrected chi connectivity index (χ1v) is 7.17. The van der Waals surface area contributed by atoms with E-state index >= 15 is 0 Å². The van der Waals surface area contributed by atoms with Crippen molar-refractivity contribution >= 4 is 12.0 Å². The standard InChI is InChI=1S/C14H29N3O3/c1-11(2)17-12(18)7-10-15-8-6-9-16-13(19)20-14(3,4)5/h11,15H,6-10H2,1-5H3,(H,16,19)(H,17,18). The van der Waals surface area contributed by atoms with Gasteiger partial charge >= 0.3 is 6.09 Å². The number of ether oxygens (including phenoxy) is 1. The molecule has 0 saturated heterocycles. The van der Waals surface area contributed by atoms with E-state index in [1.54, 1.807) is 0 Å². The lowest BCUT2D eigenvalue weighted by Crippen LogP contribution is -2.34. The van der Waals surface area contributed by atoms with Crippen LogP contribution in [0.2, 0.25) is 0 Å². The highest BCUT2D eigenvalue weighted by Crippen LogP contribution is 2.06. The van der Waals surface area contributed by atoms with Crippen molar-refractivity contribution in [2.75, 3.05) is 19.6 Å². The van der Waals surface area contributed by atoms with Gasteiger partial charge in [-0.15, -0.1) is 0 Å². The fraction of sp³-hybridized carbons (Fsp3) is 0.857. The van der Waals surface area contributed by atoms with Crippen molar-refractivity contribution in [3.8, 4) is 0 Å². The highest BCUT2D eigenvalue weighted by molar-refractivity contribution is 5.76. The minimum atomic E-state index is -0.466. The van der Waals surface area contributed by atoms with E-state index in [1.165, 1.54) is 0 Å². The van der Waals surface area contributed by atoms with Gasteiger partial charge < -0.3 is 20.7 Å². The largest absolute Gasteiger partial charge is 0.444 e. The van der Waals surface area contributed by atoms with Crippen LogP contribution < -0.4 is 16.0 Å². The number of hydrogen-bond donors (Lipinski definition) is 3. The lowest BCUT2D eigenvalue weighted by atomic mass is 10.2. The maximum atomic E-state index is 11.3. The van der Waals surface area contributed by atoms with Crippen LogP contribution >= 0.6 is 0 Å². The fourth-order valence-corrected chi connectivity index (χ4v) is 1.44. The number of amides is 2. The van der Waals surface area contributed by atoms with Crippen LogP contribution in [0.5, 0.6) is 0 Å². The summed E-state index contributed by atoms with van der Waals surface area (Å²) in [4.78, 5) is 22.7. The molecule has 0 aliphatic rings. The summed E-state index contributed by atoms with van der Waals surface area (Å²) in [6.45, 7) is 11.3. The zero-order valence-electron chi connectivity index (χ0n) is 13.3. The van der Waals surface area contributed by atoms with Crippen LogP contribution in [-0.2, 0) is 9.53 Å². The summed E-state index contributed by atoms with van der Waals surface area (Å²) < 4.78 is 5.11. The summed E-state index contributed by atoms with van der Waals surface area (Å²) in [5.41, 5.74) is -0.466. The van der Waals surface area contributed by atoms with Gasteiger partial charge in [-0.25, -0.2) is 4.79 Å². The monoisotopic (exact) mass is 287 g/mol. The van der Waals surface area contributed by atoms with Crippen LogP contribution in [0.3, 0.4) is 0 Å². The molecule has 20 heavy (non-hydrogen) atoms. The van der Waals surface area contributed by atoms with Gasteiger partial charge in [0.2, 0.25) is 5.91 Å². The second kappa shape index (κ2) is 9.58. The Hall–Kier alpha value is -1.30. The van der Waals surface area contributed by atoms with Gasteiger partial charge in [-0.05, 0) is 47.6 Å². The molecule has 0 aromatic carbocycles. The van der Waals surface area contributed by atoms with Crippen LogP contribution in [0.1, 0.15) is 47.5 Å². The van der Waals surface area contributed by atoms with Crippen molar-refractivity contribution in [3.63, 3.8) is 0 Å². The van der Waals surface area contributed by atoms with Crippen molar-refractivity contribution < 1.29 is 14.3 Å². The minimum Gasteiger partial charge on any atom is -0.444 e. The van der Waals surface area contributed by atoms with Gasteiger partial charge in [-0.3, -0.25) is 4.79 Å². The minimum absolute atomic E-state index is 0.0550. The van der Waals surface area contributed by atoms with Gasteiger partial charge in [-0.1, -0.05) is 0 Å². The van der Waals surface area contributed by atoms with Crippen LogP contribution in [0.15, 0.2) is 0 Å². The molecule has 0 bridgehead atoms. The van der Waals surface area contributed by atoms with Gasteiger partial charge in [0, 0.05) is 25.6 Å². The first-order valence-electron chi connectivity index (χ1n) is 7.17. The summed E-state index contributed by atoms with van der Waals surface area (Å²) in [5, 5.41) is 8.67. The molecule has 0 heterocycles. The molecule has 0 aliphatic heterocycles. The average Bonchev–Trinajstić information content (AvgIpc) is 2.24. The Kier molecular flexibility index (Phi) is 8.96. The molecule has 0 unspecified atom stereocenters. The molecule has 6 heteroatoms. The topological polar surface area (TPSA) is 79.5 Å². The first kappa shape index (κ1) is 18.7. The molecule has 0 atom stereocenters. The summed E-state index contributed by atoms with van der Waals surface area (Å²) in [6, 6.07) is 0.181. The van der Waals surface area contributed by atoms with Gasteiger partial charge in [0.25, 0.3) is 0 Å². The number of carbonyl (C=O) groups is 2. The predicted molar refractivity (Wildman–Crippen MR) is 79.6 cm³/mol. The SMILES string of the molecule is CC(C)NC(=O)CCNCCCNC(=O)OC(C)(C)C. The molecule has 118 valence electrons. The zero-order chi connectivity index (χ0) is 15.6. The third-order valence-corrected chi connectivity index (χ3v) is 2.18. The number of nitrogens with one attached hydrogen (secondary N) is 3. The van der Waals surface area contributed by atoms with Gasteiger partial charge in [-0.2, -0.15) is 0 Å². The van der Waals surface area contributed by atoms with E-state index in [2.05, 4.69) is 16.0 Å². The van der Waals surface area contributed by atoms with E-state index in [-0.39, 0.29) is 11.9 Å². The van der Waals surface area contributed by atoms with Crippen molar-refractivity contribution in [1.29, 1.82) is 0 Å². The Labute approximate surface area is 122 Å². The molecule has 3 N–H and O–H groups in total. The molecular formula is C14H29N3O3. The van der Waals surface area contributed by atoms with Crippen molar-refractivity contribution in [2.45, 2.75) is 59.1 Å². The molecule has 0 rings (SSSR count). The van der Waals surface area contributed by atoms with Gasteiger partial charge in [0.05, 0.1) is 0 Å². The number of carbonyl (C=O) groups excluding carboxylic acids is 2. The number of rotatable bonds is 8.